The Morgan fingerprint density at radius 3 is 2.59 bits per heavy atom. The van der Waals surface area contributed by atoms with Gasteiger partial charge in [-0.15, -0.1) is 0 Å². The highest BCUT2D eigenvalue weighted by Crippen LogP contribution is 2.35. The Labute approximate surface area is 338 Å². The van der Waals surface area contributed by atoms with Crippen LogP contribution in [0.25, 0.3) is 10.9 Å². The average Bonchev–Trinajstić information content (AvgIpc) is 3.34. The Bertz CT molecular complexity index is 2220. The van der Waals surface area contributed by atoms with Gasteiger partial charge in [0, 0.05) is 43.9 Å². The first-order valence-electron chi connectivity index (χ1n) is 19.3. The Morgan fingerprint density at radius 1 is 0.983 bits per heavy atom. The van der Waals surface area contributed by atoms with Gasteiger partial charge in [0.1, 0.15) is 18.2 Å². The number of nitrogens with one attached hydrogen (secondary N) is 3. The number of imide groups is 2. The topological polar surface area (TPSA) is 181 Å². The maximum Gasteiger partial charge on any atom is 0.264 e. The molecule has 4 heterocycles. The number of benzene rings is 3. The van der Waals surface area contributed by atoms with Gasteiger partial charge in [0.05, 0.1) is 66.0 Å². The number of ether oxygens (including phenoxy) is 3. The third-order valence-electron chi connectivity index (χ3n) is 10.1. The van der Waals surface area contributed by atoms with Crippen LogP contribution in [0.5, 0.6) is 11.5 Å². The second kappa shape index (κ2) is 18.8. The number of hydrogen-bond donors (Lipinski definition) is 3. The highest BCUT2D eigenvalue weighted by Gasteiger charge is 2.45. The number of carbonyl (C=O) groups is 5. The van der Waals surface area contributed by atoms with E-state index in [-0.39, 0.29) is 47.8 Å². The van der Waals surface area contributed by atoms with Crippen LogP contribution in [0.1, 0.15) is 64.1 Å². The number of carbonyl (C=O) groups excluding carboxylic acids is 5. The van der Waals surface area contributed by atoms with Gasteiger partial charge in [-0.3, -0.25) is 39.1 Å². The highest BCUT2D eigenvalue weighted by atomic mass is 35.5. The zero-order chi connectivity index (χ0) is 40.6. The molecule has 0 saturated carbocycles. The van der Waals surface area contributed by atoms with Crippen LogP contribution in [0.15, 0.2) is 54.9 Å². The van der Waals surface area contributed by atoms with Gasteiger partial charge < -0.3 is 24.8 Å². The van der Waals surface area contributed by atoms with E-state index in [9.17, 15) is 28.4 Å². The van der Waals surface area contributed by atoms with E-state index in [1.54, 1.807) is 18.2 Å². The Hall–Kier alpha value is -5.55. The van der Waals surface area contributed by atoms with Crippen LogP contribution in [0.2, 0.25) is 5.02 Å². The minimum Gasteiger partial charge on any atom is -0.490 e. The number of aromatic nitrogens is 2. The lowest BCUT2D eigenvalue weighted by atomic mass is 10.1. The van der Waals surface area contributed by atoms with E-state index in [2.05, 4.69) is 30.8 Å². The van der Waals surface area contributed by atoms with E-state index in [1.165, 1.54) is 24.5 Å². The van der Waals surface area contributed by atoms with Crippen molar-refractivity contribution in [3.05, 3.63) is 88.1 Å². The first-order chi connectivity index (χ1) is 28.2. The van der Waals surface area contributed by atoms with Crippen LogP contribution < -0.4 is 25.4 Å². The number of amides is 5. The third-order valence-corrected chi connectivity index (χ3v) is 10.4. The molecule has 3 N–H and O–H groups in total. The molecule has 304 valence electrons. The fourth-order valence-electron chi connectivity index (χ4n) is 7.20. The van der Waals surface area contributed by atoms with Gasteiger partial charge in [-0.05, 0) is 68.1 Å². The van der Waals surface area contributed by atoms with E-state index in [0.717, 1.165) is 60.8 Å². The summed E-state index contributed by atoms with van der Waals surface area (Å²) in [6.45, 7) is 5.13. The maximum absolute atomic E-state index is 13.8. The van der Waals surface area contributed by atoms with Crippen molar-refractivity contribution >= 4 is 57.7 Å². The fourth-order valence-corrected chi connectivity index (χ4v) is 7.41. The van der Waals surface area contributed by atoms with Crippen molar-refractivity contribution in [2.45, 2.75) is 44.6 Å². The summed E-state index contributed by atoms with van der Waals surface area (Å²) in [6, 6.07) is 11.7. The molecule has 0 spiro atoms. The molecule has 3 aromatic carbocycles. The van der Waals surface area contributed by atoms with Crippen molar-refractivity contribution in [2.75, 3.05) is 64.5 Å². The number of hydrogen-bond acceptors (Lipinski definition) is 12. The van der Waals surface area contributed by atoms with Gasteiger partial charge in [0.15, 0.2) is 11.5 Å². The largest absolute Gasteiger partial charge is 0.490 e. The van der Waals surface area contributed by atoms with Crippen molar-refractivity contribution in [3.8, 4) is 11.5 Å². The summed E-state index contributed by atoms with van der Waals surface area (Å²) in [5.41, 5.74) is 2.39. The second-order valence-electron chi connectivity index (χ2n) is 14.2. The fraction of sp³-hybridized carbons (Fsp3) is 0.390. The Kier molecular flexibility index (Phi) is 13.2. The summed E-state index contributed by atoms with van der Waals surface area (Å²) < 4.78 is 31.8. The molecular formula is C41H43ClFN7O8. The molecule has 0 radical (unpaired) electrons. The van der Waals surface area contributed by atoms with E-state index < -0.39 is 41.4 Å². The zero-order valence-corrected chi connectivity index (χ0v) is 32.4. The molecule has 0 bridgehead atoms. The predicted octanol–water partition coefficient (Wildman–Crippen LogP) is 3.90. The number of morpholine rings is 1. The monoisotopic (exact) mass is 815 g/mol. The first kappa shape index (κ1) is 40.6. The first-order valence-corrected chi connectivity index (χ1v) is 19.7. The van der Waals surface area contributed by atoms with Crippen LogP contribution in [-0.2, 0) is 25.5 Å². The van der Waals surface area contributed by atoms with Crippen molar-refractivity contribution in [2.24, 2.45) is 0 Å². The van der Waals surface area contributed by atoms with E-state index in [4.69, 9.17) is 25.8 Å². The maximum atomic E-state index is 13.8. The minimum absolute atomic E-state index is 0.00405. The van der Waals surface area contributed by atoms with Gasteiger partial charge in [-0.25, -0.2) is 14.4 Å². The summed E-state index contributed by atoms with van der Waals surface area (Å²) in [4.78, 5) is 76.4. The lowest BCUT2D eigenvalue weighted by Crippen LogP contribution is -2.49. The summed E-state index contributed by atoms with van der Waals surface area (Å²) in [5, 5.41) is 8.82. The quantitative estimate of drug-likeness (QED) is 0.110. The molecule has 7 rings (SSSR count). The van der Waals surface area contributed by atoms with Crippen LogP contribution in [0, 0.1) is 5.82 Å². The van der Waals surface area contributed by atoms with Gasteiger partial charge in [-0.2, -0.15) is 0 Å². The smallest absolute Gasteiger partial charge is 0.264 e. The van der Waals surface area contributed by atoms with E-state index >= 15 is 0 Å². The molecule has 1 atom stereocenters. The van der Waals surface area contributed by atoms with Crippen LogP contribution >= 0.6 is 11.6 Å². The summed E-state index contributed by atoms with van der Waals surface area (Å²) in [7, 11) is 0. The predicted molar refractivity (Wildman–Crippen MR) is 210 cm³/mol. The van der Waals surface area contributed by atoms with Gasteiger partial charge >= 0.3 is 0 Å². The molecule has 17 heteroatoms. The molecule has 3 aliphatic rings. The lowest BCUT2D eigenvalue weighted by molar-refractivity contribution is -0.131. The third kappa shape index (κ3) is 9.58. The minimum atomic E-state index is -1.12. The summed E-state index contributed by atoms with van der Waals surface area (Å²) >= 11 is 6.05. The molecule has 1 aromatic heterocycles. The SMILES string of the molecule is O=C1CCCC(N2C(=O)c3cccc(NC(=O)CNCCCOc4cc5ncnc(Cc6ccc(F)c(Cl)c6)c5cc4OCCCN4CCOCC4)c3C2=O)C(=O)N1. The molecule has 2 fully saturated rings. The summed E-state index contributed by atoms with van der Waals surface area (Å²) in [6.07, 6.45) is 3.81. The molecule has 5 amide bonds. The molecule has 4 aromatic rings. The van der Waals surface area contributed by atoms with Crippen molar-refractivity contribution in [1.29, 1.82) is 0 Å². The Morgan fingerprint density at radius 2 is 1.78 bits per heavy atom. The van der Waals surface area contributed by atoms with Crippen LogP contribution in [0.4, 0.5) is 10.1 Å². The molecule has 1 unspecified atom stereocenters. The Balaban J connectivity index is 0.946. The number of fused-ring (bicyclic) bond motifs is 2. The van der Waals surface area contributed by atoms with Crippen LogP contribution in [0.3, 0.4) is 0 Å². The van der Waals surface area contributed by atoms with Gasteiger partial charge in [0.25, 0.3) is 11.8 Å². The van der Waals surface area contributed by atoms with Crippen molar-refractivity contribution in [3.63, 3.8) is 0 Å². The molecule has 15 nitrogen and oxygen atoms in total. The standard InChI is InChI=1S/C41H43ClFN7O8/c42-28-19-25(9-10-29(28)43)20-31-27-21-34(58-16-4-12-49-13-17-56-18-14-49)35(22-32(27)46-24-45-31)57-15-3-11-44-23-37(52)47-30-6-1-5-26-38(30)41(55)50(40(26)54)33-7-2-8-36(51)48-39(33)53/h1,5-6,9-10,19,21-22,24,33,44H,2-4,7-8,11-18,20,23H2,(H,47,52)(H,48,51,53). The van der Waals surface area contributed by atoms with Gasteiger partial charge in [-0.1, -0.05) is 23.7 Å². The molecule has 58 heavy (non-hydrogen) atoms. The normalized spacial score (nSPS) is 17.3. The summed E-state index contributed by atoms with van der Waals surface area (Å²) in [5.74, 6) is -2.40. The van der Waals surface area contributed by atoms with Crippen molar-refractivity contribution < 1.29 is 42.6 Å². The molecule has 2 saturated heterocycles. The van der Waals surface area contributed by atoms with E-state index in [0.29, 0.717) is 49.4 Å². The highest BCUT2D eigenvalue weighted by molar-refractivity contribution is 6.30. The second-order valence-corrected chi connectivity index (χ2v) is 14.6. The number of halogens is 2. The average molecular weight is 816 g/mol. The molecular weight excluding hydrogens is 773 g/mol. The van der Waals surface area contributed by atoms with Crippen molar-refractivity contribution in [1.82, 2.24) is 30.4 Å². The lowest BCUT2D eigenvalue weighted by Gasteiger charge is -2.26. The molecule has 0 aliphatic carbocycles. The van der Waals surface area contributed by atoms with Gasteiger partial charge in [0.2, 0.25) is 17.7 Å². The number of anilines is 1. The number of rotatable bonds is 16. The van der Waals surface area contributed by atoms with E-state index in [1.807, 2.05) is 12.1 Å². The number of nitrogens with zero attached hydrogens (tertiary/aromatic N) is 4. The zero-order valence-electron chi connectivity index (χ0n) is 31.7. The van der Waals surface area contributed by atoms with Crippen LogP contribution in [-0.4, -0.2) is 114 Å². The molecule has 3 aliphatic heterocycles.